The van der Waals surface area contributed by atoms with Gasteiger partial charge in [-0.25, -0.2) is 15.0 Å². The number of hydrogen-bond acceptors (Lipinski definition) is 11. The van der Waals surface area contributed by atoms with E-state index in [0.717, 1.165) is 51.9 Å². The molecule has 1 aliphatic heterocycles. The summed E-state index contributed by atoms with van der Waals surface area (Å²) < 4.78 is 5.54. The van der Waals surface area contributed by atoms with E-state index in [-0.39, 0.29) is 6.10 Å². The quantitative estimate of drug-likeness (QED) is 0.162. The van der Waals surface area contributed by atoms with Gasteiger partial charge in [-0.3, -0.25) is 5.41 Å². The fourth-order valence-corrected chi connectivity index (χ4v) is 4.44. The lowest BCUT2D eigenvalue weighted by Crippen LogP contribution is -2.50. The molecule has 1 aliphatic carbocycles. The van der Waals surface area contributed by atoms with Crippen molar-refractivity contribution in [2.45, 2.75) is 44.8 Å². The molecule has 2 fully saturated rings. The summed E-state index contributed by atoms with van der Waals surface area (Å²) in [6, 6.07) is 2.12. The molecular formula is C24H39N10O2+. The van der Waals surface area contributed by atoms with E-state index in [4.69, 9.17) is 20.1 Å². The van der Waals surface area contributed by atoms with Gasteiger partial charge in [0.05, 0.1) is 19.3 Å². The molecular weight excluding hydrogens is 460 g/mol. The van der Waals surface area contributed by atoms with Gasteiger partial charge in [-0.2, -0.15) is 4.98 Å². The Kier molecular flexibility index (Phi) is 9.73. The Morgan fingerprint density at radius 1 is 1.22 bits per heavy atom. The average Bonchev–Trinajstić information content (AvgIpc) is 2.92. The van der Waals surface area contributed by atoms with Crippen LogP contribution in [0.25, 0.3) is 0 Å². The molecule has 12 nitrogen and oxygen atoms in total. The van der Waals surface area contributed by atoms with Crippen LogP contribution < -0.4 is 31.6 Å². The van der Waals surface area contributed by atoms with Crippen molar-refractivity contribution in [3.8, 4) is 0 Å². The number of aliphatic hydroxyl groups is 1. The van der Waals surface area contributed by atoms with Gasteiger partial charge in [0.2, 0.25) is 11.7 Å². The molecule has 0 aromatic carbocycles. The molecule has 0 amide bonds. The lowest BCUT2D eigenvalue weighted by molar-refractivity contribution is -0.114. The smallest absolute Gasteiger partial charge is 0.228 e. The minimum Gasteiger partial charge on any atom is -0.393 e. The van der Waals surface area contributed by atoms with Crippen molar-refractivity contribution < 1.29 is 15.3 Å². The zero-order valence-corrected chi connectivity index (χ0v) is 21.0. The number of aromatic nitrogens is 4. The second kappa shape index (κ2) is 13.4. The molecule has 3 heterocycles. The summed E-state index contributed by atoms with van der Waals surface area (Å²) in [5, 5.41) is 30.2. The Morgan fingerprint density at radius 2 is 2.03 bits per heavy atom. The first-order chi connectivity index (χ1) is 17.6. The number of piperazine rings is 1. The molecule has 7 N–H and O–H groups in total. The zero-order chi connectivity index (χ0) is 25.2. The Balaban J connectivity index is 1.62. The molecule has 36 heavy (non-hydrogen) atoms. The molecule has 0 radical (unpaired) electrons. The predicted octanol–water partition coefficient (Wildman–Crippen LogP) is -0.690. The largest absolute Gasteiger partial charge is 0.393 e. The van der Waals surface area contributed by atoms with Crippen LogP contribution in [0.15, 0.2) is 18.6 Å². The summed E-state index contributed by atoms with van der Waals surface area (Å²) in [6.45, 7) is 7.60. The van der Waals surface area contributed by atoms with Crippen LogP contribution in [0.2, 0.25) is 0 Å². The minimum absolute atomic E-state index is 0.190. The predicted molar refractivity (Wildman–Crippen MR) is 140 cm³/mol. The highest BCUT2D eigenvalue weighted by atomic mass is 16.5. The number of hydrogen-bond donors (Lipinski definition) is 6. The first-order valence-electron chi connectivity index (χ1n) is 12.9. The summed E-state index contributed by atoms with van der Waals surface area (Å²) in [4.78, 5) is 20.3. The molecule has 4 rings (SSSR count). The Labute approximate surface area is 212 Å². The monoisotopic (exact) mass is 499 g/mol. The second-order valence-electron chi connectivity index (χ2n) is 9.09. The van der Waals surface area contributed by atoms with Gasteiger partial charge in [-0.1, -0.05) is 0 Å². The summed E-state index contributed by atoms with van der Waals surface area (Å²) in [5.41, 5.74) is 2.00. The minimum atomic E-state index is -0.190. The maximum absolute atomic E-state index is 9.83. The van der Waals surface area contributed by atoms with E-state index in [1.165, 1.54) is 6.33 Å². The van der Waals surface area contributed by atoms with Crippen molar-refractivity contribution in [1.29, 1.82) is 0 Å². The SMILES string of the molecule is CCOCCNc1c(Nc2ccncn2)nc(N2CCNCC2)nc1C(=[NH2+])CNC1CCC(O)CC1. The third-order valence-electron chi connectivity index (χ3n) is 6.46. The third kappa shape index (κ3) is 7.29. The second-order valence-corrected chi connectivity index (χ2v) is 9.09. The van der Waals surface area contributed by atoms with Crippen LogP contribution in [0.3, 0.4) is 0 Å². The van der Waals surface area contributed by atoms with Crippen molar-refractivity contribution >= 4 is 29.0 Å². The highest BCUT2D eigenvalue weighted by Crippen LogP contribution is 2.29. The van der Waals surface area contributed by atoms with E-state index < -0.39 is 0 Å². The van der Waals surface area contributed by atoms with Crippen LogP contribution in [0.4, 0.5) is 23.3 Å². The molecule has 2 aromatic rings. The Bertz CT molecular complexity index is 963. The average molecular weight is 500 g/mol. The van der Waals surface area contributed by atoms with Crippen molar-refractivity contribution in [2.75, 3.05) is 68.0 Å². The van der Waals surface area contributed by atoms with Crippen LogP contribution in [0.1, 0.15) is 38.3 Å². The van der Waals surface area contributed by atoms with Crippen LogP contribution in [0, 0.1) is 0 Å². The number of nitrogens with two attached hydrogens (primary N) is 1. The molecule has 196 valence electrons. The van der Waals surface area contributed by atoms with Gasteiger partial charge in [0.15, 0.2) is 11.5 Å². The summed E-state index contributed by atoms with van der Waals surface area (Å²) in [5.74, 6) is 1.86. The summed E-state index contributed by atoms with van der Waals surface area (Å²) in [6.07, 6.45) is 6.49. The van der Waals surface area contributed by atoms with Gasteiger partial charge in [0, 0.05) is 51.6 Å². The number of nitrogens with zero attached hydrogens (tertiary/aromatic N) is 5. The van der Waals surface area contributed by atoms with E-state index in [1.54, 1.807) is 12.3 Å². The molecule has 0 unspecified atom stereocenters. The highest BCUT2D eigenvalue weighted by molar-refractivity contribution is 6.03. The van der Waals surface area contributed by atoms with Crippen LogP contribution in [0.5, 0.6) is 0 Å². The zero-order valence-electron chi connectivity index (χ0n) is 21.0. The van der Waals surface area contributed by atoms with Gasteiger partial charge < -0.3 is 36.0 Å². The van der Waals surface area contributed by atoms with Crippen LogP contribution in [-0.4, -0.2) is 95.4 Å². The van der Waals surface area contributed by atoms with Crippen molar-refractivity contribution in [3.05, 3.63) is 24.3 Å². The summed E-state index contributed by atoms with van der Waals surface area (Å²) >= 11 is 0. The molecule has 0 atom stereocenters. The van der Waals surface area contributed by atoms with Gasteiger partial charge >= 0.3 is 0 Å². The first-order valence-corrected chi connectivity index (χ1v) is 12.9. The number of aliphatic hydroxyl groups excluding tert-OH is 1. The normalized spacial score (nSPS) is 20.2. The maximum Gasteiger partial charge on any atom is 0.228 e. The number of nitrogens with one attached hydrogen (secondary N) is 4. The number of rotatable bonds is 12. The standard InChI is InChI=1S/C24H38N10O2/c1-2-36-14-11-28-22-21(19(25)15-29-17-3-5-18(35)6-4-17)32-24(34-12-9-26-10-13-34)33-23(22)31-20-7-8-27-16-30-20/h7-8,16-18,25-26,28-29,35H,2-6,9-15H2,1H3,(H,27,30,31,32,33)/p+1. The fraction of sp³-hybridized carbons (Fsp3) is 0.625. The molecule has 0 bridgehead atoms. The van der Waals surface area contributed by atoms with Crippen LogP contribution >= 0.6 is 0 Å². The maximum atomic E-state index is 9.83. The van der Waals surface area contributed by atoms with Gasteiger partial charge in [-0.15, -0.1) is 0 Å². The van der Waals surface area contributed by atoms with E-state index >= 15 is 0 Å². The molecule has 2 aliphatic rings. The Hall–Kier alpha value is -2.93. The molecule has 1 saturated heterocycles. The highest BCUT2D eigenvalue weighted by Gasteiger charge is 2.26. The van der Waals surface area contributed by atoms with E-state index in [2.05, 4.69) is 36.1 Å². The molecule has 1 saturated carbocycles. The topological polar surface area (TPSA) is 158 Å². The third-order valence-corrected chi connectivity index (χ3v) is 6.46. The number of anilines is 4. The van der Waals surface area contributed by atoms with E-state index in [0.29, 0.717) is 67.0 Å². The van der Waals surface area contributed by atoms with Crippen LogP contribution in [-0.2, 0) is 4.74 Å². The number of ether oxygens (including phenoxy) is 1. The van der Waals surface area contributed by atoms with Gasteiger partial charge in [-0.05, 0) is 38.7 Å². The molecule has 2 aromatic heterocycles. The molecule has 12 heteroatoms. The lowest BCUT2D eigenvalue weighted by atomic mass is 9.93. The lowest BCUT2D eigenvalue weighted by Gasteiger charge is -2.29. The molecule has 0 spiro atoms. The van der Waals surface area contributed by atoms with Crippen molar-refractivity contribution in [1.82, 2.24) is 30.6 Å². The van der Waals surface area contributed by atoms with Crippen molar-refractivity contribution in [3.63, 3.8) is 0 Å². The van der Waals surface area contributed by atoms with Gasteiger partial charge in [0.1, 0.15) is 17.8 Å². The van der Waals surface area contributed by atoms with Gasteiger partial charge in [0.25, 0.3) is 0 Å². The van der Waals surface area contributed by atoms with E-state index in [1.807, 2.05) is 6.92 Å². The Morgan fingerprint density at radius 3 is 2.75 bits per heavy atom. The first kappa shape index (κ1) is 26.1. The fourth-order valence-electron chi connectivity index (χ4n) is 4.44. The van der Waals surface area contributed by atoms with E-state index in [9.17, 15) is 5.11 Å². The van der Waals surface area contributed by atoms with Crippen molar-refractivity contribution in [2.24, 2.45) is 0 Å². The summed E-state index contributed by atoms with van der Waals surface area (Å²) in [7, 11) is 0.